The summed E-state index contributed by atoms with van der Waals surface area (Å²) in [4.78, 5) is 40.0. The molecule has 57 heavy (non-hydrogen) atoms. The molecule has 3 aliphatic heterocycles. The van der Waals surface area contributed by atoms with Crippen LogP contribution in [0.15, 0.2) is 54.7 Å². The van der Waals surface area contributed by atoms with Gasteiger partial charge < -0.3 is 25.8 Å². The van der Waals surface area contributed by atoms with Gasteiger partial charge in [-0.25, -0.2) is 15.0 Å². The Hall–Kier alpha value is -4.47. The first-order valence-corrected chi connectivity index (χ1v) is 20.6. The van der Waals surface area contributed by atoms with Crippen molar-refractivity contribution in [2.75, 3.05) is 11.9 Å². The smallest absolute Gasteiger partial charge is 0.388 e. The van der Waals surface area contributed by atoms with E-state index in [2.05, 4.69) is 30.8 Å². The number of thiazole rings is 1. The SMILES string of the molecule is Cc1cc(-c2cccc(-c3cccc(Nc4nccc5sc(CN6C7CCCC6CC(C(=O)O)C7)nc45)c3Cl)c2Cl)nc(OC(F)F)c1CNC[C@@H]1CCC(=O)N1. The molecule has 3 aromatic heterocycles. The van der Waals surface area contributed by atoms with Crippen LogP contribution in [0.25, 0.3) is 32.6 Å². The quantitative estimate of drug-likeness (QED) is 0.0909. The topological polar surface area (TPSA) is 142 Å². The van der Waals surface area contributed by atoms with Crippen LogP contribution in [0.2, 0.25) is 10.0 Å². The molecule has 3 saturated heterocycles. The number of ether oxygens (including phenoxy) is 1. The molecule has 11 nitrogen and oxygen atoms in total. The molecule has 2 bridgehead atoms. The molecule has 3 fully saturated rings. The van der Waals surface area contributed by atoms with Crippen LogP contribution in [0.3, 0.4) is 0 Å². The average molecular weight is 837 g/mol. The van der Waals surface area contributed by atoms with Gasteiger partial charge in [-0.15, -0.1) is 11.3 Å². The Balaban J connectivity index is 1.04. The summed E-state index contributed by atoms with van der Waals surface area (Å²) < 4.78 is 33.2. The lowest BCUT2D eigenvalue weighted by Gasteiger charge is -2.47. The van der Waals surface area contributed by atoms with Crippen molar-refractivity contribution in [1.82, 2.24) is 30.5 Å². The summed E-state index contributed by atoms with van der Waals surface area (Å²) in [5.74, 6) is -0.637. The second-order valence-corrected chi connectivity index (χ2v) is 16.8. The van der Waals surface area contributed by atoms with Crippen molar-refractivity contribution < 1.29 is 28.2 Å². The van der Waals surface area contributed by atoms with Gasteiger partial charge in [-0.3, -0.25) is 14.5 Å². The first-order valence-electron chi connectivity index (χ1n) is 19.1. The van der Waals surface area contributed by atoms with Crippen LogP contribution in [-0.4, -0.2) is 68.1 Å². The van der Waals surface area contributed by atoms with Crippen LogP contribution < -0.4 is 20.7 Å². The van der Waals surface area contributed by atoms with Crippen molar-refractivity contribution in [3.63, 3.8) is 0 Å². The fourth-order valence-corrected chi connectivity index (χ4v) is 10.0. The summed E-state index contributed by atoms with van der Waals surface area (Å²) in [5, 5.41) is 20.9. The van der Waals surface area contributed by atoms with Crippen molar-refractivity contribution in [1.29, 1.82) is 0 Å². The summed E-state index contributed by atoms with van der Waals surface area (Å²) in [7, 11) is 0. The highest BCUT2D eigenvalue weighted by atomic mass is 35.5. The number of nitrogens with one attached hydrogen (secondary N) is 3. The molecule has 1 amide bonds. The van der Waals surface area contributed by atoms with Crippen molar-refractivity contribution in [2.24, 2.45) is 5.92 Å². The number of halogens is 4. The molecule has 298 valence electrons. The monoisotopic (exact) mass is 835 g/mol. The third-order valence-corrected chi connectivity index (χ3v) is 13.1. The third kappa shape index (κ3) is 8.42. The van der Waals surface area contributed by atoms with Crippen LogP contribution in [-0.2, 0) is 22.7 Å². The number of amides is 1. The lowest BCUT2D eigenvalue weighted by Crippen LogP contribution is -2.52. The molecule has 0 spiro atoms. The van der Waals surface area contributed by atoms with E-state index >= 15 is 0 Å². The van der Waals surface area contributed by atoms with Gasteiger partial charge in [0.1, 0.15) is 10.5 Å². The predicted molar refractivity (Wildman–Crippen MR) is 217 cm³/mol. The zero-order valence-electron chi connectivity index (χ0n) is 31.0. The maximum absolute atomic E-state index is 13.6. The summed E-state index contributed by atoms with van der Waals surface area (Å²) in [6.45, 7) is 0.0789. The van der Waals surface area contributed by atoms with E-state index in [1.807, 2.05) is 30.3 Å². The number of rotatable bonds is 13. The summed E-state index contributed by atoms with van der Waals surface area (Å²) in [5.41, 5.74) is 4.59. The van der Waals surface area contributed by atoms with Crippen molar-refractivity contribution in [2.45, 2.75) is 89.7 Å². The summed E-state index contributed by atoms with van der Waals surface area (Å²) >= 11 is 15.8. The molecule has 3 aliphatic rings. The Morgan fingerprint density at radius 2 is 1.79 bits per heavy atom. The number of nitrogens with zero attached hydrogens (tertiary/aromatic N) is 4. The Morgan fingerprint density at radius 3 is 2.51 bits per heavy atom. The second kappa shape index (κ2) is 16.8. The number of carboxylic acids is 1. The van der Waals surface area contributed by atoms with E-state index in [9.17, 15) is 23.5 Å². The summed E-state index contributed by atoms with van der Waals surface area (Å²) in [6.07, 6.45) is 7.37. The molecule has 16 heteroatoms. The number of hydrogen-bond donors (Lipinski definition) is 4. The van der Waals surface area contributed by atoms with Gasteiger partial charge in [-0.05, 0) is 62.8 Å². The van der Waals surface area contributed by atoms with E-state index < -0.39 is 12.6 Å². The van der Waals surface area contributed by atoms with Gasteiger partial charge in [-0.2, -0.15) is 8.78 Å². The fourth-order valence-electron chi connectivity index (χ4n) is 8.46. The molecule has 0 radical (unpaired) electrons. The first kappa shape index (κ1) is 39.4. The minimum Gasteiger partial charge on any atom is -0.481 e. The number of hydrogen-bond acceptors (Lipinski definition) is 10. The van der Waals surface area contributed by atoms with Crippen LogP contribution in [0, 0.1) is 12.8 Å². The molecular formula is C41H41Cl2F2N7O4S. The molecule has 0 aliphatic carbocycles. The number of piperidine rings is 2. The molecule has 8 rings (SSSR count). The number of pyridine rings is 2. The Morgan fingerprint density at radius 1 is 1.05 bits per heavy atom. The highest BCUT2D eigenvalue weighted by molar-refractivity contribution is 7.18. The molecule has 4 N–H and O–H groups in total. The Labute approximate surface area is 342 Å². The molecule has 0 saturated carbocycles. The summed E-state index contributed by atoms with van der Waals surface area (Å²) in [6, 6.07) is 15.1. The van der Waals surface area contributed by atoms with Gasteiger partial charge in [0.05, 0.1) is 38.6 Å². The molecule has 6 heterocycles. The first-order chi connectivity index (χ1) is 27.5. The number of aliphatic carboxylic acids is 1. The number of anilines is 2. The lowest BCUT2D eigenvalue weighted by molar-refractivity contribution is -0.146. The van der Waals surface area contributed by atoms with Crippen molar-refractivity contribution in [3.05, 3.63) is 80.9 Å². The third-order valence-electron chi connectivity index (χ3n) is 11.2. The van der Waals surface area contributed by atoms with E-state index in [0.717, 1.165) is 34.5 Å². The number of benzene rings is 2. The standard InChI is InChI=1S/C41H41Cl2F2N7O4S/c1-21-15-31(50-39(56-41(44)45)29(21)19-46-18-23-11-12-33(53)48-23)28-9-3-7-26(35(28)42)27-8-4-10-30(36(27)43)49-38-37-32(13-14-47-38)57-34(51-37)20-52-24-5-2-6-25(52)17-22(16-24)40(54)55/h3-4,7-10,13-15,22-25,41,46H,2,5-6,11-12,16-20H2,1H3,(H,47,49)(H,48,53)(H,54,55)/t22?,23-,24?,25?/m0/s1. The van der Waals surface area contributed by atoms with Gasteiger partial charge in [-0.1, -0.05) is 60.0 Å². The second-order valence-electron chi connectivity index (χ2n) is 14.9. The Kier molecular flexibility index (Phi) is 11.6. The predicted octanol–water partition coefficient (Wildman–Crippen LogP) is 8.97. The number of carbonyl (C=O) groups excluding carboxylic acids is 1. The number of alkyl halides is 2. The molecule has 5 aromatic rings. The minimum absolute atomic E-state index is 0.000207. The highest BCUT2D eigenvalue weighted by Gasteiger charge is 2.41. The average Bonchev–Trinajstić information content (AvgIpc) is 3.79. The van der Waals surface area contributed by atoms with E-state index in [-0.39, 0.29) is 42.4 Å². The maximum Gasteiger partial charge on any atom is 0.388 e. The number of aryl methyl sites for hydroxylation is 1. The van der Waals surface area contributed by atoms with Gasteiger partial charge >= 0.3 is 12.6 Å². The van der Waals surface area contributed by atoms with Crippen LogP contribution in [0.5, 0.6) is 5.88 Å². The van der Waals surface area contributed by atoms with Crippen molar-refractivity contribution in [3.8, 4) is 28.3 Å². The largest absolute Gasteiger partial charge is 0.481 e. The number of carbonyl (C=O) groups is 2. The molecular weight excluding hydrogens is 795 g/mol. The normalized spacial score (nSPS) is 20.9. The van der Waals surface area contributed by atoms with E-state index in [4.69, 9.17) is 32.9 Å². The van der Waals surface area contributed by atoms with Crippen LogP contribution >= 0.6 is 34.5 Å². The number of fused-ring (bicyclic) bond motifs is 3. The zero-order chi connectivity index (χ0) is 39.8. The van der Waals surface area contributed by atoms with Crippen LogP contribution in [0.4, 0.5) is 20.3 Å². The highest BCUT2D eigenvalue weighted by Crippen LogP contribution is 2.44. The van der Waals surface area contributed by atoms with E-state index in [1.54, 1.807) is 42.7 Å². The van der Waals surface area contributed by atoms with E-state index in [1.165, 1.54) is 0 Å². The maximum atomic E-state index is 13.6. The fraction of sp³-hybridized carbons (Fsp3) is 0.390. The molecule has 3 atom stereocenters. The number of aromatic nitrogens is 3. The van der Waals surface area contributed by atoms with Crippen molar-refractivity contribution >= 4 is 68.1 Å². The van der Waals surface area contributed by atoms with Gasteiger partial charge in [0.25, 0.3) is 0 Å². The van der Waals surface area contributed by atoms with Crippen LogP contribution in [0.1, 0.15) is 61.1 Å². The van der Waals surface area contributed by atoms with Gasteiger partial charge in [0.2, 0.25) is 11.8 Å². The zero-order valence-corrected chi connectivity index (χ0v) is 33.4. The lowest BCUT2D eigenvalue weighted by atomic mass is 9.78. The molecule has 2 unspecified atom stereocenters. The van der Waals surface area contributed by atoms with E-state index in [0.29, 0.717) is 93.8 Å². The molecule has 2 aromatic carbocycles. The minimum atomic E-state index is -3.09. The van der Waals surface area contributed by atoms with Gasteiger partial charge in [0, 0.05) is 66.1 Å². The van der Waals surface area contributed by atoms with Gasteiger partial charge in [0.15, 0.2) is 5.82 Å². The Bertz CT molecular complexity index is 2320. The number of carboxylic acid groups (broad SMARTS) is 1.